The maximum absolute atomic E-state index is 12.2. The van der Waals surface area contributed by atoms with Crippen molar-refractivity contribution in [2.24, 2.45) is 0 Å². The second kappa shape index (κ2) is 20.6. The normalized spacial score (nSPS) is 11.1. The molecule has 0 aliphatic rings. The lowest BCUT2D eigenvalue weighted by molar-refractivity contribution is -0.440. The number of amides is 2. The molecule has 18 heteroatoms. The first kappa shape index (κ1) is 46.9. The Hall–Kier alpha value is -5.30. The zero-order valence-electron chi connectivity index (χ0n) is 31.1. The SMILES string of the molecule is C=C(c1ccccc1)c1ccc(N(C)C)cc1.C=C(c1ccccc1)c1ccc(N(C)C)cc1.CN(SOOC(F)(F)F)C(=O)C(=O)N(C)S(=O)(=O)C(F)(F)F. The average molecular weight is 827 g/mol. The number of likely N-dealkylation sites (N-methyl/N-ethyl adjacent to an activating group) is 2. The number of hydrogen-bond acceptors (Lipinski definition) is 9. The molecule has 0 spiro atoms. The molecule has 0 fully saturated rings. The summed E-state index contributed by atoms with van der Waals surface area (Å²) in [7, 11) is 2.82. The Morgan fingerprint density at radius 3 is 1.21 bits per heavy atom. The van der Waals surface area contributed by atoms with E-state index in [9.17, 15) is 44.3 Å². The van der Waals surface area contributed by atoms with E-state index in [1.807, 2.05) is 64.6 Å². The summed E-state index contributed by atoms with van der Waals surface area (Å²) < 4.78 is 95.3. The van der Waals surface area contributed by atoms with Crippen molar-refractivity contribution < 1.29 is 53.6 Å². The maximum atomic E-state index is 12.2. The van der Waals surface area contributed by atoms with Gasteiger partial charge >= 0.3 is 33.7 Å². The Kier molecular flexibility index (Phi) is 17.2. The summed E-state index contributed by atoms with van der Waals surface area (Å²) in [6.07, 6.45) is -5.24. The molecule has 0 aliphatic carbocycles. The van der Waals surface area contributed by atoms with E-state index in [0.717, 1.165) is 11.1 Å². The van der Waals surface area contributed by atoms with Crippen LogP contribution in [0, 0.1) is 0 Å². The standard InChI is InChI=1S/2C16H17N.C6H6F6N2O6S2/c2*1-13(14-7-5-4-6-8-14)15-9-11-16(12-10-15)17(2)3;1-13(21-20-19-5(7,8)9)3(15)4(16)14(2)22(17,18)6(10,11)12/h2*4-12H,1H2,2-3H3;1-2H3. The minimum absolute atomic E-state index is 0.0174. The molecule has 0 heterocycles. The topological polar surface area (TPSA) is 99.7 Å². The highest BCUT2D eigenvalue weighted by Crippen LogP contribution is 2.28. The molecule has 0 atom stereocenters. The van der Waals surface area contributed by atoms with Gasteiger partial charge in [0, 0.05) is 53.7 Å². The third-order valence-electron chi connectivity index (χ3n) is 7.39. The lowest BCUT2D eigenvalue weighted by atomic mass is 9.99. The summed E-state index contributed by atoms with van der Waals surface area (Å²) in [6.45, 7) is 8.31. The molecule has 0 N–H and O–H groups in total. The van der Waals surface area contributed by atoms with Gasteiger partial charge in [-0.25, -0.2) is 4.31 Å². The highest BCUT2D eigenvalue weighted by atomic mass is 32.2. The van der Waals surface area contributed by atoms with Gasteiger partial charge < -0.3 is 9.80 Å². The molecule has 0 saturated carbocycles. The molecule has 0 saturated heterocycles. The van der Waals surface area contributed by atoms with E-state index < -0.39 is 50.2 Å². The number of hydrogen-bond donors (Lipinski definition) is 0. The van der Waals surface area contributed by atoms with Gasteiger partial charge in [-0.05, 0) is 57.7 Å². The molecule has 0 aliphatic heterocycles. The van der Waals surface area contributed by atoms with Gasteiger partial charge in [0.1, 0.15) is 0 Å². The van der Waals surface area contributed by atoms with Crippen LogP contribution in [-0.4, -0.2) is 83.0 Å². The summed E-state index contributed by atoms with van der Waals surface area (Å²) in [5, 5.41) is 0. The lowest BCUT2D eigenvalue weighted by Gasteiger charge is -2.20. The molecule has 4 rings (SSSR count). The van der Waals surface area contributed by atoms with Crippen LogP contribution >= 0.6 is 12.2 Å². The summed E-state index contributed by atoms with van der Waals surface area (Å²) in [4.78, 5) is 29.5. The zero-order valence-corrected chi connectivity index (χ0v) is 32.8. The van der Waals surface area contributed by atoms with Gasteiger partial charge in [-0.15, -0.1) is 22.4 Å². The van der Waals surface area contributed by atoms with Crippen LogP contribution in [0.4, 0.5) is 37.7 Å². The number of anilines is 2. The van der Waals surface area contributed by atoms with Crippen molar-refractivity contribution in [1.29, 1.82) is 0 Å². The van der Waals surface area contributed by atoms with Gasteiger partial charge in [-0.3, -0.25) is 13.9 Å². The Morgan fingerprint density at radius 2 is 0.911 bits per heavy atom. The molecule has 0 unspecified atom stereocenters. The molecular weight excluding hydrogens is 787 g/mol. The first-order valence-electron chi connectivity index (χ1n) is 16.0. The molecule has 0 bridgehead atoms. The van der Waals surface area contributed by atoms with E-state index in [1.165, 1.54) is 33.6 Å². The smallest absolute Gasteiger partial charge is 0.378 e. The van der Waals surface area contributed by atoms with Crippen molar-refractivity contribution in [1.82, 2.24) is 8.61 Å². The predicted molar refractivity (Wildman–Crippen MR) is 207 cm³/mol. The molecule has 0 aromatic heterocycles. The maximum Gasteiger partial charge on any atom is 0.550 e. The predicted octanol–water partition coefficient (Wildman–Crippen LogP) is 8.41. The number of nitrogens with zero attached hydrogens (tertiary/aromatic N) is 4. The Bertz CT molecular complexity index is 1910. The third-order valence-corrected chi connectivity index (χ3v) is 9.38. The van der Waals surface area contributed by atoms with E-state index in [2.05, 4.69) is 105 Å². The molecule has 0 radical (unpaired) electrons. The lowest BCUT2D eigenvalue weighted by Crippen LogP contribution is -2.47. The zero-order chi connectivity index (χ0) is 42.4. The summed E-state index contributed by atoms with van der Waals surface area (Å²) in [6, 6.07) is 37.4. The fraction of sp³-hybridized carbons (Fsp3) is 0.211. The first-order chi connectivity index (χ1) is 26.0. The van der Waals surface area contributed by atoms with Crippen LogP contribution in [-0.2, 0) is 28.8 Å². The Balaban J connectivity index is 0.000000293. The number of carbonyl (C=O) groups is 2. The number of carbonyl (C=O) groups excluding carboxylic acids is 2. The fourth-order valence-electron chi connectivity index (χ4n) is 4.20. The highest BCUT2D eigenvalue weighted by Gasteiger charge is 2.51. The number of sulfonamides is 1. The second-order valence-corrected chi connectivity index (χ2v) is 14.6. The van der Waals surface area contributed by atoms with E-state index in [-0.39, 0.29) is 11.4 Å². The van der Waals surface area contributed by atoms with Gasteiger partial charge in [-0.2, -0.15) is 21.6 Å². The molecule has 56 heavy (non-hydrogen) atoms. The largest absolute Gasteiger partial charge is 0.550 e. The number of rotatable bonds is 10. The van der Waals surface area contributed by atoms with Gasteiger partial charge in [0.05, 0.1) is 0 Å². The van der Waals surface area contributed by atoms with Crippen LogP contribution < -0.4 is 9.80 Å². The van der Waals surface area contributed by atoms with Crippen molar-refractivity contribution in [2.45, 2.75) is 11.9 Å². The van der Waals surface area contributed by atoms with Gasteiger partial charge in [0.2, 0.25) is 0 Å². The Morgan fingerprint density at radius 1 is 0.571 bits per heavy atom. The molecular formula is C38H40F6N4O6S2. The minimum Gasteiger partial charge on any atom is -0.378 e. The average Bonchev–Trinajstić information content (AvgIpc) is 3.16. The van der Waals surface area contributed by atoms with E-state index in [0.29, 0.717) is 7.05 Å². The van der Waals surface area contributed by atoms with E-state index in [4.69, 9.17) is 0 Å². The van der Waals surface area contributed by atoms with Crippen LogP contribution in [0.15, 0.2) is 122 Å². The monoisotopic (exact) mass is 826 g/mol. The minimum atomic E-state index is -6.12. The second-order valence-electron chi connectivity index (χ2n) is 11.8. The number of benzene rings is 4. The van der Waals surface area contributed by atoms with Crippen LogP contribution in [0.1, 0.15) is 22.3 Å². The Labute approximate surface area is 326 Å². The third kappa shape index (κ3) is 14.1. The van der Waals surface area contributed by atoms with Crippen LogP contribution in [0.2, 0.25) is 0 Å². The number of halogens is 6. The van der Waals surface area contributed by atoms with Crippen LogP contribution in [0.3, 0.4) is 0 Å². The van der Waals surface area contributed by atoms with Crippen LogP contribution in [0.5, 0.6) is 0 Å². The van der Waals surface area contributed by atoms with Gasteiger partial charge in [0.15, 0.2) is 12.2 Å². The number of alkyl halides is 6. The summed E-state index contributed by atoms with van der Waals surface area (Å²) in [5.74, 6) is -4.09. The highest BCUT2D eigenvalue weighted by molar-refractivity contribution is 7.93. The van der Waals surface area contributed by atoms with E-state index >= 15 is 0 Å². The fourth-order valence-corrected chi connectivity index (χ4v) is 5.15. The molecule has 302 valence electrons. The quantitative estimate of drug-likeness (QED) is 0.0390. The van der Waals surface area contributed by atoms with Crippen molar-refractivity contribution in [3.8, 4) is 0 Å². The van der Waals surface area contributed by atoms with Crippen molar-refractivity contribution in [2.75, 3.05) is 52.1 Å². The van der Waals surface area contributed by atoms with Crippen molar-refractivity contribution in [3.63, 3.8) is 0 Å². The summed E-state index contributed by atoms with van der Waals surface area (Å²) >= 11 is -0.507. The van der Waals surface area contributed by atoms with Crippen LogP contribution in [0.25, 0.3) is 11.1 Å². The molecule has 4 aromatic rings. The molecule has 2 amide bonds. The van der Waals surface area contributed by atoms with Gasteiger partial charge in [0.25, 0.3) is 0 Å². The molecule has 10 nitrogen and oxygen atoms in total. The van der Waals surface area contributed by atoms with Crippen molar-refractivity contribution in [3.05, 3.63) is 145 Å². The van der Waals surface area contributed by atoms with E-state index in [1.54, 1.807) is 0 Å². The van der Waals surface area contributed by atoms with Crippen molar-refractivity contribution >= 4 is 56.6 Å². The van der Waals surface area contributed by atoms with Gasteiger partial charge in [-0.1, -0.05) is 98.1 Å². The molecule has 4 aromatic carbocycles. The summed E-state index contributed by atoms with van der Waals surface area (Å²) in [5.41, 5.74) is 3.37. The first-order valence-corrected chi connectivity index (χ1v) is 18.1.